The second-order valence-corrected chi connectivity index (χ2v) is 4.49. The molecule has 0 amide bonds. The van der Waals surface area contributed by atoms with Gasteiger partial charge in [0, 0.05) is 18.8 Å². The molecule has 2 aromatic rings. The Labute approximate surface area is 115 Å². The van der Waals surface area contributed by atoms with Crippen LogP contribution in [-0.4, -0.2) is 18.3 Å². The van der Waals surface area contributed by atoms with Crippen LogP contribution in [0, 0.1) is 17.0 Å². The van der Waals surface area contributed by atoms with E-state index in [1.807, 2.05) is 31.0 Å². The van der Waals surface area contributed by atoms with Crippen LogP contribution in [0.25, 0.3) is 0 Å². The highest BCUT2D eigenvalue weighted by Gasteiger charge is 2.15. The maximum absolute atomic E-state index is 10.9. The van der Waals surface area contributed by atoms with E-state index in [9.17, 15) is 14.9 Å². The van der Waals surface area contributed by atoms with Crippen molar-refractivity contribution in [1.82, 2.24) is 0 Å². The van der Waals surface area contributed by atoms with E-state index in [-0.39, 0.29) is 11.3 Å². The molecule has 0 bridgehead atoms. The second kappa shape index (κ2) is 5.56. The van der Waals surface area contributed by atoms with E-state index < -0.39 is 4.92 Å². The van der Waals surface area contributed by atoms with E-state index in [1.54, 1.807) is 6.07 Å². The molecule has 0 radical (unpaired) electrons. The average molecular weight is 274 g/mol. The SMILES string of the molecule is Cc1ccc(CN(C)c2ccc([N+](=O)[O-])c(C=O)c2)o1. The van der Waals surface area contributed by atoms with E-state index >= 15 is 0 Å². The van der Waals surface area contributed by atoms with Gasteiger partial charge in [0.05, 0.1) is 17.0 Å². The Morgan fingerprint density at radius 2 is 2.10 bits per heavy atom. The Balaban J connectivity index is 2.24. The van der Waals surface area contributed by atoms with Gasteiger partial charge in [0.2, 0.25) is 0 Å². The number of benzene rings is 1. The van der Waals surface area contributed by atoms with Crippen molar-refractivity contribution in [2.75, 3.05) is 11.9 Å². The molecule has 1 heterocycles. The van der Waals surface area contributed by atoms with Gasteiger partial charge in [-0.3, -0.25) is 14.9 Å². The first-order valence-electron chi connectivity index (χ1n) is 6.01. The van der Waals surface area contributed by atoms with Crippen LogP contribution in [0.15, 0.2) is 34.7 Å². The van der Waals surface area contributed by atoms with Crippen molar-refractivity contribution in [3.8, 4) is 0 Å². The van der Waals surface area contributed by atoms with Gasteiger partial charge in [-0.15, -0.1) is 0 Å². The van der Waals surface area contributed by atoms with Crippen molar-refractivity contribution >= 4 is 17.7 Å². The van der Waals surface area contributed by atoms with Crippen LogP contribution in [0.1, 0.15) is 21.9 Å². The molecule has 0 aliphatic heterocycles. The lowest BCUT2D eigenvalue weighted by molar-refractivity contribution is -0.385. The molecule has 0 N–H and O–H groups in total. The number of anilines is 1. The van der Waals surface area contributed by atoms with Crippen molar-refractivity contribution in [2.24, 2.45) is 0 Å². The number of nitro groups is 1. The smallest absolute Gasteiger partial charge is 0.280 e. The Bertz CT molecular complexity index is 648. The first kappa shape index (κ1) is 13.8. The number of nitrogens with zero attached hydrogens (tertiary/aromatic N) is 2. The first-order chi connectivity index (χ1) is 9.51. The minimum absolute atomic E-state index is 0.0648. The number of carbonyl (C=O) groups excluding carboxylic acids is 1. The van der Waals surface area contributed by atoms with Gasteiger partial charge in [-0.05, 0) is 31.2 Å². The number of hydrogen-bond acceptors (Lipinski definition) is 5. The third-order valence-corrected chi connectivity index (χ3v) is 2.96. The summed E-state index contributed by atoms with van der Waals surface area (Å²) >= 11 is 0. The molecule has 0 unspecified atom stereocenters. The van der Waals surface area contributed by atoms with Gasteiger partial charge in [0.15, 0.2) is 6.29 Å². The Morgan fingerprint density at radius 3 is 2.65 bits per heavy atom. The van der Waals surface area contributed by atoms with Crippen LogP contribution in [-0.2, 0) is 6.54 Å². The number of aldehydes is 1. The van der Waals surface area contributed by atoms with Crippen LogP contribution in [0.2, 0.25) is 0 Å². The maximum Gasteiger partial charge on any atom is 0.280 e. The molecule has 0 saturated heterocycles. The number of rotatable bonds is 5. The zero-order valence-corrected chi connectivity index (χ0v) is 11.2. The summed E-state index contributed by atoms with van der Waals surface area (Å²) in [5, 5.41) is 10.8. The van der Waals surface area contributed by atoms with Gasteiger partial charge >= 0.3 is 0 Å². The molecule has 0 saturated carbocycles. The summed E-state index contributed by atoms with van der Waals surface area (Å²) in [4.78, 5) is 23.0. The number of carbonyl (C=O) groups is 1. The van der Waals surface area contributed by atoms with Gasteiger partial charge in [-0.2, -0.15) is 0 Å². The van der Waals surface area contributed by atoms with Crippen LogP contribution < -0.4 is 4.90 Å². The highest BCUT2D eigenvalue weighted by atomic mass is 16.6. The molecular formula is C14H14N2O4. The lowest BCUT2D eigenvalue weighted by atomic mass is 10.1. The van der Waals surface area contributed by atoms with E-state index in [1.165, 1.54) is 12.1 Å². The number of furan rings is 1. The second-order valence-electron chi connectivity index (χ2n) is 4.49. The summed E-state index contributed by atoms with van der Waals surface area (Å²) in [6, 6.07) is 8.19. The zero-order chi connectivity index (χ0) is 14.7. The van der Waals surface area contributed by atoms with Gasteiger partial charge in [-0.25, -0.2) is 0 Å². The van der Waals surface area contributed by atoms with E-state index in [4.69, 9.17) is 4.42 Å². The van der Waals surface area contributed by atoms with Crippen molar-refractivity contribution in [2.45, 2.75) is 13.5 Å². The summed E-state index contributed by atoms with van der Waals surface area (Å²) in [6.07, 6.45) is 0.493. The van der Waals surface area contributed by atoms with Crippen LogP contribution in [0.4, 0.5) is 11.4 Å². The molecule has 104 valence electrons. The van der Waals surface area contributed by atoms with Gasteiger partial charge in [0.1, 0.15) is 11.5 Å². The van der Waals surface area contributed by atoms with Crippen molar-refractivity contribution in [3.63, 3.8) is 0 Å². The molecule has 0 spiro atoms. The summed E-state index contributed by atoms with van der Waals surface area (Å²) in [5.41, 5.74) is 0.590. The summed E-state index contributed by atoms with van der Waals surface area (Å²) in [7, 11) is 1.83. The van der Waals surface area contributed by atoms with E-state index in [2.05, 4.69) is 0 Å². The highest BCUT2D eigenvalue weighted by Crippen LogP contribution is 2.24. The molecule has 0 aliphatic rings. The van der Waals surface area contributed by atoms with Gasteiger partial charge in [0.25, 0.3) is 5.69 Å². The molecular weight excluding hydrogens is 260 g/mol. The molecule has 6 heteroatoms. The number of nitro benzene ring substituents is 1. The van der Waals surface area contributed by atoms with Gasteiger partial charge in [-0.1, -0.05) is 0 Å². The molecule has 0 atom stereocenters. The molecule has 1 aromatic carbocycles. The topological polar surface area (TPSA) is 76.6 Å². The van der Waals surface area contributed by atoms with Gasteiger partial charge < -0.3 is 9.32 Å². The lowest BCUT2D eigenvalue weighted by Crippen LogP contribution is -2.16. The summed E-state index contributed by atoms with van der Waals surface area (Å²) in [5.74, 6) is 1.61. The molecule has 2 rings (SSSR count). The average Bonchev–Trinajstić information content (AvgIpc) is 2.83. The predicted octanol–water partition coefficient (Wildman–Crippen LogP) is 2.95. The fourth-order valence-electron chi connectivity index (χ4n) is 1.94. The predicted molar refractivity (Wildman–Crippen MR) is 74.0 cm³/mol. The summed E-state index contributed by atoms with van der Waals surface area (Å²) < 4.78 is 5.47. The molecule has 1 aromatic heterocycles. The minimum atomic E-state index is -0.566. The van der Waals surface area contributed by atoms with Crippen LogP contribution in [0.5, 0.6) is 0 Å². The normalized spacial score (nSPS) is 10.3. The molecule has 6 nitrogen and oxygen atoms in total. The molecule has 0 aliphatic carbocycles. The molecule has 0 fully saturated rings. The van der Waals surface area contributed by atoms with E-state index in [0.717, 1.165) is 11.5 Å². The Morgan fingerprint density at radius 1 is 1.35 bits per heavy atom. The lowest BCUT2D eigenvalue weighted by Gasteiger charge is -2.18. The van der Waals surface area contributed by atoms with Crippen molar-refractivity contribution < 1.29 is 14.1 Å². The fraction of sp³-hybridized carbons (Fsp3) is 0.214. The fourth-order valence-corrected chi connectivity index (χ4v) is 1.94. The zero-order valence-electron chi connectivity index (χ0n) is 11.2. The van der Waals surface area contributed by atoms with Crippen molar-refractivity contribution in [3.05, 3.63) is 57.5 Å². The maximum atomic E-state index is 10.9. The number of aryl methyl sites for hydroxylation is 1. The van der Waals surface area contributed by atoms with Crippen molar-refractivity contribution in [1.29, 1.82) is 0 Å². The third kappa shape index (κ3) is 2.85. The largest absolute Gasteiger partial charge is 0.464 e. The standard InChI is InChI=1S/C14H14N2O4/c1-10-3-5-13(20-10)8-15(2)12-4-6-14(16(18)19)11(7-12)9-17/h3-7,9H,8H2,1-2H3. The monoisotopic (exact) mass is 274 g/mol. The first-order valence-corrected chi connectivity index (χ1v) is 6.01. The highest BCUT2D eigenvalue weighted by molar-refractivity contribution is 5.83. The van der Waals surface area contributed by atoms with Crippen LogP contribution in [0.3, 0.4) is 0 Å². The summed E-state index contributed by atoms with van der Waals surface area (Å²) in [6.45, 7) is 2.38. The van der Waals surface area contributed by atoms with Crippen LogP contribution >= 0.6 is 0 Å². The van der Waals surface area contributed by atoms with E-state index in [0.29, 0.717) is 18.5 Å². The third-order valence-electron chi connectivity index (χ3n) is 2.96. The quantitative estimate of drug-likeness (QED) is 0.476. The minimum Gasteiger partial charge on any atom is -0.464 e. The number of hydrogen-bond donors (Lipinski definition) is 0. The Kier molecular flexibility index (Phi) is 3.84. The molecule has 20 heavy (non-hydrogen) atoms. The Hall–Kier alpha value is -2.63.